The molecule has 0 bridgehead atoms. The summed E-state index contributed by atoms with van der Waals surface area (Å²) in [6, 6.07) is 17.9. The molecule has 0 atom stereocenters. The molecule has 2 N–H and O–H groups in total. The van der Waals surface area contributed by atoms with Gasteiger partial charge in [0, 0.05) is 24.2 Å². The smallest absolute Gasteiger partial charge is 0.251 e. The Kier molecular flexibility index (Phi) is 5.25. The lowest BCUT2D eigenvalue weighted by Crippen LogP contribution is -2.23. The van der Waals surface area contributed by atoms with Crippen LogP contribution in [0.3, 0.4) is 0 Å². The fourth-order valence-corrected chi connectivity index (χ4v) is 3.42. The number of fused-ring (bicyclic) bond motifs is 2. The van der Waals surface area contributed by atoms with E-state index in [0.717, 1.165) is 11.1 Å². The van der Waals surface area contributed by atoms with Gasteiger partial charge in [0.2, 0.25) is 13.6 Å². The summed E-state index contributed by atoms with van der Waals surface area (Å²) in [6.45, 7) is 1.11. The summed E-state index contributed by atoms with van der Waals surface area (Å²) in [4.78, 5) is 24.8. The highest BCUT2D eigenvalue weighted by Gasteiger charge is 2.17. The summed E-state index contributed by atoms with van der Waals surface area (Å²) in [7, 11) is 0. The number of hydrogen-bond acceptors (Lipinski definition) is 6. The monoisotopic (exact) mass is 432 g/mol. The molecule has 0 saturated carbocycles. The zero-order chi connectivity index (χ0) is 21.9. The molecule has 0 aliphatic carbocycles. The molecular formula is C24H20N2O6. The molecule has 0 fully saturated rings. The van der Waals surface area contributed by atoms with Crippen LogP contribution >= 0.6 is 0 Å². The number of benzene rings is 3. The van der Waals surface area contributed by atoms with E-state index in [4.69, 9.17) is 18.9 Å². The number of hydrogen-bond donors (Lipinski definition) is 2. The lowest BCUT2D eigenvalue weighted by atomic mass is 10.1. The van der Waals surface area contributed by atoms with Gasteiger partial charge in [0.05, 0.1) is 0 Å². The Morgan fingerprint density at radius 3 is 1.44 bits per heavy atom. The molecule has 2 amide bonds. The van der Waals surface area contributed by atoms with Crippen molar-refractivity contribution in [3.63, 3.8) is 0 Å². The summed E-state index contributed by atoms with van der Waals surface area (Å²) >= 11 is 0. The summed E-state index contributed by atoms with van der Waals surface area (Å²) in [6.07, 6.45) is 0. The molecule has 3 aromatic carbocycles. The Labute approximate surface area is 184 Å². The Balaban J connectivity index is 1.12. The standard InChI is InChI=1S/C24H20N2O6/c27-23(17-5-7-19-21(9-17)31-13-29-19)25-11-15-1-2-16(4-3-15)12-26-24(28)18-6-8-20-22(10-18)32-14-30-20/h1-10H,11-14H2,(H,25,27)(H,26,28). The highest BCUT2D eigenvalue weighted by atomic mass is 16.7. The van der Waals surface area contributed by atoms with E-state index in [1.807, 2.05) is 24.3 Å². The molecule has 8 heteroatoms. The zero-order valence-electron chi connectivity index (χ0n) is 17.1. The molecule has 0 unspecified atom stereocenters. The van der Waals surface area contributed by atoms with Crippen LogP contribution in [-0.2, 0) is 13.1 Å². The molecule has 5 rings (SSSR count). The lowest BCUT2D eigenvalue weighted by molar-refractivity contribution is 0.0942. The highest BCUT2D eigenvalue weighted by molar-refractivity contribution is 5.95. The van der Waals surface area contributed by atoms with Crippen molar-refractivity contribution in [1.82, 2.24) is 10.6 Å². The maximum absolute atomic E-state index is 12.4. The summed E-state index contributed by atoms with van der Waals surface area (Å²) in [5.74, 6) is 2.05. The van der Waals surface area contributed by atoms with E-state index >= 15 is 0 Å². The first kappa shape index (κ1) is 19.7. The van der Waals surface area contributed by atoms with Crippen molar-refractivity contribution in [2.24, 2.45) is 0 Å². The van der Waals surface area contributed by atoms with Crippen molar-refractivity contribution >= 4 is 11.8 Å². The third kappa shape index (κ3) is 4.15. The maximum Gasteiger partial charge on any atom is 0.251 e. The van der Waals surface area contributed by atoms with Crippen molar-refractivity contribution in [3.8, 4) is 23.0 Å². The van der Waals surface area contributed by atoms with Crippen LogP contribution in [0.25, 0.3) is 0 Å². The molecule has 2 aliphatic rings. The van der Waals surface area contributed by atoms with Gasteiger partial charge in [-0.15, -0.1) is 0 Å². The van der Waals surface area contributed by atoms with E-state index in [2.05, 4.69) is 10.6 Å². The lowest BCUT2D eigenvalue weighted by Gasteiger charge is -2.09. The van der Waals surface area contributed by atoms with Gasteiger partial charge in [-0.1, -0.05) is 24.3 Å². The van der Waals surface area contributed by atoms with Gasteiger partial charge in [-0.05, 0) is 47.5 Å². The van der Waals surface area contributed by atoms with Gasteiger partial charge in [-0.3, -0.25) is 9.59 Å². The number of nitrogens with one attached hydrogen (secondary N) is 2. The Hall–Kier alpha value is -4.20. The minimum atomic E-state index is -0.191. The normalized spacial score (nSPS) is 13.0. The highest BCUT2D eigenvalue weighted by Crippen LogP contribution is 2.33. The van der Waals surface area contributed by atoms with Crippen LogP contribution in [0.5, 0.6) is 23.0 Å². The van der Waals surface area contributed by atoms with Gasteiger partial charge in [0.15, 0.2) is 23.0 Å². The van der Waals surface area contributed by atoms with Crippen LogP contribution in [-0.4, -0.2) is 25.4 Å². The number of carbonyl (C=O) groups is 2. The summed E-state index contributed by atoms with van der Waals surface area (Å²) in [5.41, 5.74) is 2.92. The molecule has 0 radical (unpaired) electrons. The Morgan fingerprint density at radius 1 is 0.594 bits per heavy atom. The molecule has 2 aliphatic heterocycles. The van der Waals surface area contributed by atoms with E-state index in [9.17, 15) is 9.59 Å². The molecule has 32 heavy (non-hydrogen) atoms. The predicted octanol–water partition coefficient (Wildman–Crippen LogP) is 3.00. The van der Waals surface area contributed by atoms with Gasteiger partial charge in [0.1, 0.15) is 0 Å². The van der Waals surface area contributed by atoms with Crippen LogP contribution in [0.2, 0.25) is 0 Å². The Morgan fingerprint density at radius 2 is 1.00 bits per heavy atom. The van der Waals surface area contributed by atoms with Crippen LogP contribution in [0.1, 0.15) is 31.8 Å². The second-order valence-corrected chi connectivity index (χ2v) is 7.32. The molecule has 2 heterocycles. The van der Waals surface area contributed by atoms with Crippen molar-refractivity contribution in [1.29, 1.82) is 0 Å². The van der Waals surface area contributed by atoms with Crippen LogP contribution in [0, 0.1) is 0 Å². The van der Waals surface area contributed by atoms with Gasteiger partial charge >= 0.3 is 0 Å². The van der Waals surface area contributed by atoms with Gasteiger partial charge < -0.3 is 29.6 Å². The molecule has 8 nitrogen and oxygen atoms in total. The average Bonchev–Trinajstić information content (AvgIpc) is 3.49. The van der Waals surface area contributed by atoms with Crippen LogP contribution in [0.15, 0.2) is 60.7 Å². The minimum Gasteiger partial charge on any atom is -0.454 e. The molecular weight excluding hydrogens is 412 g/mol. The van der Waals surface area contributed by atoms with Crippen molar-refractivity contribution in [3.05, 3.63) is 82.9 Å². The second kappa shape index (κ2) is 8.50. The first-order chi connectivity index (χ1) is 15.7. The van der Waals surface area contributed by atoms with Gasteiger partial charge in [-0.25, -0.2) is 0 Å². The van der Waals surface area contributed by atoms with Gasteiger partial charge in [0.25, 0.3) is 11.8 Å². The SMILES string of the molecule is O=C(NCc1ccc(CNC(=O)c2ccc3c(c2)OCO3)cc1)c1ccc2c(c1)OCO2. The Bertz CT molecular complexity index is 1080. The van der Waals surface area contributed by atoms with Crippen molar-refractivity contribution in [2.45, 2.75) is 13.1 Å². The molecule has 0 aromatic heterocycles. The van der Waals surface area contributed by atoms with E-state index in [0.29, 0.717) is 47.2 Å². The maximum atomic E-state index is 12.4. The zero-order valence-corrected chi connectivity index (χ0v) is 17.1. The first-order valence-corrected chi connectivity index (χ1v) is 10.1. The van der Waals surface area contributed by atoms with Gasteiger partial charge in [-0.2, -0.15) is 0 Å². The van der Waals surface area contributed by atoms with Crippen molar-refractivity contribution < 1.29 is 28.5 Å². The van der Waals surface area contributed by atoms with E-state index in [-0.39, 0.29) is 25.4 Å². The third-order valence-electron chi connectivity index (χ3n) is 5.20. The van der Waals surface area contributed by atoms with E-state index in [1.165, 1.54) is 0 Å². The minimum absolute atomic E-state index is 0.171. The van der Waals surface area contributed by atoms with Crippen LogP contribution in [0.4, 0.5) is 0 Å². The fourth-order valence-electron chi connectivity index (χ4n) is 3.42. The number of amides is 2. The molecule has 162 valence electrons. The molecule has 0 spiro atoms. The topological polar surface area (TPSA) is 95.1 Å². The second-order valence-electron chi connectivity index (χ2n) is 7.32. The van der Waals surface area contributed by atoms with Crippen LogP contribution < -0.4 is 29.6 Å². The number of ether oxygens (including phenoxy) is 4. The quantitative estimate of drug-likeness (QED) is 0.622. The predicted molar refractivity (Wildman–Crippen MR) is 114 cm³/mol. The van der Waals surface area contributed by atoms with E-state index < -0.39 is 0 Å². The third-order valence-corrected chi connectivity index (χ3v) is 5.20. The molecule has 3 aromatic rings. The van der Waals surface area contributed by atoms with E-state index in [1.54, 1.807) is 36.4 Å². The summed E-state index contributed by atoms with van der Waals surface area (Å²) < 4.78 is 21.1. The average molecular weight is 432 g/mol. The fraction of sp³-hybridized carbons (Fsp3) is 0.167. The molecule has 0 saturated heterocycles. The summed E-state index contributed by atoms with van der Waals surface area (Å²) in [5, 5.41) is 5.78. The largest absolute Gasteiger partial charge is 0.454 e. The van der Waals surface area contributed by atoms with Crippen molar-refractivity contribution in [2.75, 3.05) is 13.6 Å². The number of carbonyl (C=O) groups excluding carboxylic acids is 2. The number of rotatable bonds is 6. The first-order valence-electron chi connectivity index (χ1n) is 10.1.